The lowest BCUT2D eigenvalue weighted by Crippen LogP contribution is -2.14. The highest BCUT2D eigenvalue weighted by atomic mass is 16.6. The first-order chi connectivity index (χ1) is 11.4. The van der Waals surface area contributed by atoms with Gasteiger partial charge in [0.2, 0.25) is 0 Å². The zero-order valence-electron chi connectivity index (χ0n) is 13.1. The van der Waals surface area contributed by atoms with Crippen LogP contribution in [0.3, 0.4) is 0 Å². The molecule has 2 aromatic carbocycles. The van der Waals surface area contributed by atoms with E-state index in [1.807, 2.05) is 6.07 Å². The van der Waals surface area contributed by atoms with E-state index in [0.29, 0.717) is 16.9 Å². The molecule has 2 rings (SSSR count). The quantitative estimate of drug-likeness (QED) is 0.513. The highest BCUT2D eigenvalue weighted by Crippen LogP contribution is 2.35. The van der Waals surface area contributed by atoms with Crippen LogP contribution in [0.25, 0.3) is 0 Å². The molecular formula is C17H15N3O4. The Morgan fingerprint density at radius 2 is 1.92 bits per heavy atom. The number of carbonyl (C=O) groups is 1. The van der Waals surface area contributed by atoms with Gasteiger partial charge in [0.05, 0.1) is 23.5 Å². The molecule has 0 spiro atoms. The number of nitrogens with two attached hydrogens (primary N) is 1. The van der Waals surface area contributed by atoms with Gasteiger partial charge in [0, 0.05) is 6.07 Å². The summed E-state index contributed by atoms with van der Waals surface area (Å²) in [4.78, 5) is 22.5. The Balaban J connectivity index is 2.64. The first-order valence-corrected chi connectivity index (χ1v) is 7.02. The van der Waals surface area contributed by atoms with Crippen LogP contribution < -0.4 is 10.5 Å². The van der Waals surface area contributed by atoms with E-state index in [2.05, 4.69) is 0 Å². The molecule has 0 amide bonds. The van der Waals surface area contributed by atoms with Crippen molar-refractivity contribution in [3.8, 4) is 11.8 Å². The predicted octanol–water partition coefficient (Wildman–Crippen LogP) is 2.78. The summed E-state index contributed by atoms with van der Waals surface area (Å²) in [7, 11) is 1.53. The molecule has 0 heterocycles. The molecule has 7 heteroatoms. The summed E-state index contributed by atoms with van der Waals surface area (Å²) in [5.74, 6) is -0.316. The van der Waals surface area contributed by atoms with Crippen LogP contribution in [0.1, 0.15) is 29.5 Å². The minimum atomic E-state index is -0.742. The van der Waals surface area contributed by atoms with E-state index in [9.17, 15) is 20.2 Å². The molecule has 2 N–H and O–H groups in total. The maximum absolute atomic E-state index is 12.2. The van der Waals surface area contributed by atoms with Gasteiger partial charge >= 0.3 is 0 Å². The van der Waals surface area contributed by atoms with Crippen LogP contribution >= 0.6 is 0 Å². The Kier molecular flexibility index (Phi) is 4.80. The van der Waals surface area contributed by atoms with E-state index < -0.39 is 10.8 Å². The van der Waals surface area contributed by atoms with Gasteiger partial charge in [-0.3, -0.25) is 14.9 Å². The summed E-state index contributed by atoms with van der Waals surface area (Å²) in [5.41, 5.74) is 6.11. The number of nitro benzene ring substituents is 1. The molecule has 24 heavy (non-hydrogen) atoms. The molecule has 1 atom stereocenters. The highest BCUT2D eigenvalue weighted by molar-refractivity contribution is 5.89. The summed E-state index contributed by atoms with van der Waals surface area (Å²) in [6, 6.07) is 11.3. The minimum Gasteiger partial charge on any atom is -0.497 e. The number of ether oxygens (including phenoxy) is 1. The van der Waals surface area contributed by atoms with Crippen molar-refractivity contribution in [2.24, 2.45) is 0 Å². The number of ketones is 1. The Hall–Kier alpha value is -3.40. The smallest absolute Gasteiger partial charge is 0.293 e. The van der Waals surface area contributed by atoms with E-state index in [0.717, 1.165) is 0 Å². The van der Waals surface area contributed by atoms with E-state index in [4.69, 9.17) is 10.5 Å². The van der Waals surface area contributed by atoms with Crippen molar-refractivity contribution in [2.75, 3.05) is 12.8 Å². The Morgan fingerprint density at radius 3 is 2.38 bits per heavy atom. The molecule has 0 aromatic heterocycles. The lowest BCUT2D eigenvalue weighted by atomic mass is 9.85. The van der Waals surface area contributed by atoms with E-state index in [1.165, 1.54) is 26.2 Å². The number of carbonyl (C=O) groups excluding carboxylic acids is 1. The fraction of sp³-hybridized carbons (Fsp3) is 0.176. The maximum Gasteiger partial charge on any atom is 0.293 e. The number of methoxy groups -OCH3 is 1. The molecule has 0 saturated carbocycles. The topological polar surface area (TPSA) is 119 Å². The van der Waals surface area contributed by atoms with Gasteiger partial charge in [-0.15, -0.1) is 0 Å². The van der Waals surface area contributed by atoms with Crippen molar-refractivity contribution in [3.05, 3.63) is 63.2 Å². The number of nitrogens with zero attached hydrogens (tertiary/aromatic N) is 2. The number of anilines is 1. The molecule has 0 aliphatic carbocycles. The van der Waals surface area contributed by atoms with Crippen LogP contribution in [0, 0.1) is 21.4 Å². The monoisotopic (exact) mass is 325 g/mol. The molecule has 0 saturated heterocycles. The molecule has 2 aromatic rings. The molecule has 0 fully saturated rings. The summed E-state index contributed by atoms with van der Waals surface area (Å²) in [6.07, 6.45) is 0. The summed E-state index contributed by atoms with van der Waals surface area (Å²) in [6.45, 7) is 1.40. The SMILES string of the molecule is COc1ccc(C(C(C)=O)c2ccc([N+](=O)[O-])c(N)c2C#N)cc1. The zero-order chi connectivity index (χ0) is 17.9. The fourth-order valence-electron chi connectivity index (χ4n) is 2.58. The third kappa shape index (κ3) is 3.03. The van der Waals surface area contributed by atoms with Gasteiger partial charge in [-0.2, -0.15) is 5.26 Å². The number of nitrogen functional groups attached to an aromatic ring is 1. The predicted molar refractivity (Wildman–Crippen MR) is 87.7 cm³/mol. The van der Waals surface area contributed by atoms with Crippen LogP contribution in [0.2, 0.25) is 0 Å². The first kappa shape index (κ1) is 17.0. The third-order valence-corrected chi connectivity index (χ3v) is 3.73. The maximum atomic E-state index is 12.2. The Labute approximate surface area is 138 Å². The van der Waals surface area contributed by atoms with Crippen molar-refractivity contribution >= 4 is 17.2 Å². The standard InChI is InChI=1S/C17H15N3O4/c1-10(21)16(11-3-5-12(24-2)6-4-11)13-7-8-15(20(22)23)17(19)14(13)9-18/h3-8,16H,19H2,1-2H3. The van der Waals surface area contributed by atoms with Crippen LogP contribution in [0.4, 0.5) is 11.4 Å². The van der Waals surface area contributed by atoms with Crippen molar-refractivity contribution in [2.45, 2.75) is 12.8 Å². The van der Waals surface area contributed by atoms with Crippen LogP contribution in [-0.2, 0) is 4.79 Å². The third-order valence-electron chi connectivity index (χ3n) is 3.73. The molecule has 0 radical (unpaired) electrons. The first-order valence-electron chi connectivity index (χ1n) is 7.02. The average molecular weight is 325 g/mol. The molecule has 122 valence electrons. The summed E-state index contributed by atoms with van der Waals surface area (Å²) < 4.78 is 5.09. The second kappa shape index (κ2) is 6.79. The lowest BCUT2D eigenvalue weighted by molar-refractivity contribution is -0.383. The van der Waals surface area contributed by atoms with Gasteiger partial charge < -0.3 is 10.5 Å². The number of benzene rings is 2. The number of hydrogen-bond acceptors (Lipinski definition) is 6. The average Bonchev–Trinajstić information content (AvgIpc) is 2.55. The van der Waals surface area contributed by atoms with E-state index in [-0.39, 0.29) is 22.7 Å². The molecule has 0 aliphatic rings. The van der Waals surface area contributed by atoms with Gasteiger partial charge in [0.15, 0.2) is 0 Å². The van der Waals surface area contributed by atoms with Crippen molar-refractivity contribution in [1.82, 2.24) is 0 Å². The Bertz CT molecular complexity index is 838. The number of rotatable bonds is 5. The number of Topliss-reactive ketones (excluding diaryl/α,β-unsaturated/α-hetero) is 1. The normalized spacial score (nSPS) is 11.4. The molecule has 1 unspecified atom stereocenters. The highest BCUT2D eigenvalue weighted by Gasteiger charge is 2.27. The van der Waals surface area contributed by atoms with E-state index >= 15 is 0 Å². The Morgan fingerprint density at radius 1 is 1.29 bits per heavy atom. The molecule has 0 bridgehead atoms. The van der Waals surface area contributed by atoms with Crippen molar-refractivity contribution in [3.63, 3.8) is 0 Å². The number of nitriles is 1. The van der Waals surface area contributed by atoms with E-state index in [1.54, 1.807) is 24.3 Å². The lowest BCUT2D eigenvalue weighted by Gasteiger charge is -2.17. The van der Waals surface area contributed by atoms with Gasteiger partial charge in [-0.25, -0.2) is 0 Å². The second-order valence-corrected chi connectivity index (χ2v) is 5.15. The zero-order valence-corrected chi connectivity index (χ0v) is 13.1. The molecule has 0 aliphatic heterocycles. The van der Waals surface area contributed by atoms with Gasteiger partial charge in [-0.1, -0.05) is 12.1 Å². The van der Waals surface area contributed by atoms with Gasteiger partial charge in [-0.05, 0) is 36.2 Å². The summed E-state index contributed by atoms with van der Waals surface area (Å²) >= 11 is 0. The molecular weight excluding hydrogens is 310 g/mol. The second-order valence-electron chi connectivity index (χ2n) is 5.15. The largest absolute Gasteiger partial charge is 0.497 e. The van der Waals surface area contributed by atoms with Crippen LogP contribution in [0.15, 0.2) is 36.4 Å². The van der Waals surface area contributed by atoms with Crippen molar-refractivity contribution in [1.29, 1.82) is 5.26 Å². The minimum absolute atomic E-state index is 0.0554. The fourth-order valence-corrected chi connectivity index (χ4v) is 2.58. The summed E-state index contributed by atoms with van der Waals surface area (Å²) in [5, 5.41) is 20.4. The molecule has 7 nitrogen and oxygen atoms in total. The van der Waals surface area contributed by atoms with Crippen LogP contribution in [0.5, 0.6) is 5.75 Å². The number of hydrogen-bond donors (Lipinski definition) is 1. The van der Waals surface area contributed by atoms with Crippen LogP contribution in [-0.4, -0.2) is 17.8 Å². The number of nitro groups is 1. The van der Waals surface area contributed by atoms with Gasteiger partial charge in [0.1, 0.15) is 23.3 Å². The van der Waals surface area contributed by atoms with Gasteiger partial charge in [0.25, 0.3) is 5.69 Å². The van der Waals surface area contributed by atoms with Crippen molar-refractivity contribution < 1.29 is 14.5 Å².